The van der Waals surface area contributed by atoms with Gasteiger partial charge in [0, 0.05) is 19.5 Å². The Kier molecular flexibility index (Phi) is 3.65. The molecule has 0 unspecified atom stereocenters. The third-order valence-corrected chi connectivity index (χ3v) is 3.19. The lowest BCUT2D eigenvalue weighted by Gasteiger charge is -2.19. The van der Waals surface area contributed by atoms with Crippen molar-refractivity contribution in [3.8, 4) is 0 Å². The fourth-order valence-corrected chi connectivity index (χ4v) is 2.25. The summed E-state index contributed by atoms with van der Waals surface area (Å²) in [7, 11) is 0. The van der Waals surface area contributed by atoms with Crippen molar-refractivity contribution in [1.82, 2.24) is 4.90 Å². The van der Waals surface area contributed by atoms with E-state index in [2.05, 4.69) is 0 Å². The molecule has 1 fully saturated rings. The van der Waals surface area contributed by atoms with Crippen LogP contribution in [-0.2, 0) is 6.42 Å². The number of rotatable bonds is 2. The molecule has 0 N–H and O–H groups in total. The molecule has 2 rings (SSSR count). The molecule has 0 aliphatic carbocycles. The third kappa shape index (κ3) is 2.29. The van der Waals surface area contributed by atoms with Crippen molar-refractivity contribution in [1.29, 1.82) is 0 Å². The second-order valence-electron chi connectivity index (χ2n) is 4.32. The summed E-state index contributed by atoms with van der Waals surface area (Å²) in [6.45, 7) is 3.80. The van der Waals surface area contributed by atoms with Crippen molar-refractivity contribution < 1.29 is 9.21 Å². The van der Waals surface area contributed by atoms with Gasteiger partial charge in [0.2, 0.25) is 0 Å². The van der Waals surface area contributed by atoms with Crippen LogP contribution in [0, 0.1) is 0 Å². The molecule has 1 amide bonds. The largest absolute Gasteiger partial charge is 0.469 e. The fourth-order valence-electron chi connectivity index (χ4n) is 2.25. The number of carbonyl (C=O) groups is 1. The van der Waals surface area contributed by atoms with Gasteiger partial charge in [-0.25, -0.2) is 0 Å². The van der Waals surface area contributed by atoms with Crippen molar-refractivity contribution in [2.45, 2.75) is 39.0 Å². The minimum Gasteiger partial charge on any atom is -0.469 e. The topological polar surface area (TPSA) is 33.5 Å². The summed E-state index contributed by atoms with van der Waals surface area (Å²) in [6.07, 6.45) is 7.15. The number of carbonyl (C=O) groups excluding carboxylic acids is 1. The van der Waals surface area contributed by atoms with E-state index in [9.17, 15) is 4.79 Å². The van der Waals surface area contributed by atoms with Crippen LogP contribution in [0.2, 0.25) is 0 Å². The summed E-state index contributed by atoms with van der Waals surface area (Å²) in [5.74, 6) is 0.960. The van der Waals surface area contributed by atoms with Crippen LogP contribution in [0.4, 0.5) is 0 Å². The van der Waals surface area contributed by atoms with Gasteiger partial charge < -0.3 is 9.32 Å². The predicted octanol–water partition coefficient (Wildman–Crippen LogP) is 2.86. The lowest BCUT2D eigenvalue weighted by Crippen LogP contribution is -2.32. The van der Waals surface area contributed by atoms with Gasteiger partial charge in [-0.05, 0) is 18.9 Å². The second kappa shape index (κ2) is 5.19. The normalized spacial score (nSPS) is 17.2. The summed E-state index contributed by atoms with van der Waals surface area (Å²) in [5.41, 5.74) is 0.754. The monoisotopic (exact) mass is 221 g/mol. The zero-order valence-electron chi connectivity index (χ0n) is 9.87. The predicted molar refractivity (Wildman–Crippen MR) is 62.5 cm³/mol. The lowest BCUT2D eigenvalue weighted by molar-refractivity contribution is 0.0759. The number of likely N-dealkylation sites (tertiary alicyclic amines) is 1. The first-order valence-corrected chi connectivity index (χ1v) is 6.18. The van der Waals surface area contributed by atoms with Gasteiger partial charge in [0.1, 0.15) is 5.76 Å². The zero-order valence-corrected chi connectivity index (χ0v) is 9.87. The maximum atomic E-state index is 12.3. The first kappa shape index (κ1) is 11.2. The molecular formula is C13H19NO2. The van der Waals surface area contributed by atoms with Crippen LogP contribution < -0.4 is 0 Å². The van der Waals surface area contributed by atoms with Crippen molar-refractivity contribution in [2.24, 2.45) is 0 Å². The highest BCUT2D eigenvalue weighted by Crippen LogP contribution is 2.17. The van der Waals surface area contributed by atoms with Gasteiger partial charge in [-0.1, -0.05) is 19.8 Å². The second-order valence-corrected chi connectivity index (χ2v) is 4.32. The van der Waals surface area contributed by atoms with Crippen molar-refractivity contribution in [3.05, 3.63) is 23.7 Å². The average molecular weight is 221 g/mol. The SMILES string of the molecule is CCc1occc1C(=O)N1CCCCCC1. The van der Waals surface area contributed by atoms with Crippen LogP contribution in [0.5, 0.6) is 0 Å². The van der Waals surface area contributed by atoms with Crippen LogP contribution in [-0.4, -0.2) is 23.9 Å². The smallest absolute Gasteiger partial charge is 0.257 e. The number of hydrogen-bond donors (Lipinski definition) is 0. The van der Waals surface area contributed by atoms with Crippen LogP contribution in [0.3, 0.4) is 0 Å². The van der Waals surface area contributed by atoms with E-state index >= 15 is 0 Å². The van der Waals surface area contributed by atoms with E-state index < -0.39 is 0 Å². The Morgan fingerprint density at radius 3 is 2.62 bits per heavy atom. The third-order valence-electron chi connectivity index (χ3n) is 3.19. The highest BCUT2D eigenvalue weighted by molar-refractivity contribution is 5.95. The minimum absolute atomic E-state index is 0.146. The first-order chi connectivity index (χ1) is 7.83. The molecule has 2 heterocycles. The summed E-state index contributed by atoms with van der Waals surface area (Å²) in [6, 6.07) is 1.80. The summed E-state index contributed by atoms with van der Waals surface area (Å²) < 4.78 is 5.31. The highest BCUT2D eigenvalue weighted by atomic mass is 16.3. The molecule has 1 saturated heterocycles. The average Bonchev–Trinajstić information content (AvgIpc) is 2.61. The number of hydrogen-bond acceptors (Lipinski definition) is 2. The Balaban J connectivity index is 2.11. The minimum atomic E-state index is 0.146. The van der Waals surface area contributed by atoms with Crippen molar-refractivity contribution >= 4 is 5.91 Å². The number of amides is 1. The van der Waals surface area contributed by atoms with E-state index in [4.69, 9.17) is 4.42 Å². The number of furan rings is 1. The summed E-state index contributed by atoms with van der Waals surface area (Å²) in [4.78, 5) is 14.2. The molecular weight excluding hydrogens is 202 g/mol. The maximum Gasteiger partial charge on any atom is 0.257 e. The number of aryl methyl sites for hydroxylation is 1. The van der Waals surface area contributed by atoms with E-state index in [1.807, 2.05) is 11.8 Å². The molecule has 1 aliphatic rings. The highest BCUT2D eigenvalue weighted by Gasteiger charge is 2.20. The van der Waals surface area contributed by atoms with Crippen LogP contribution in [0.15, 0.2) is 16.7 Å². The van der Waals surface area contributed by atoms with Gasteiger partial charge in [0.15, 0.2) is 0 Å². The number of nitrogens with zero attached hydrogens (tertiary/aromatic N) is 1. The molecule has 0 saturated carbocycles. The van der Waals surface area contributed by atoms with Crippen molar-refractivity contribution in [3.63, 3.8) is 0 Å². The summed E-state index contributed by atoms with van der Waals surface area (Å²) in [5, 5.41) is 0. The van der Waals surface area contributed by atoms with Gasteiger partial charge in [-0.3, -0.25) is 4.79 Å². The Bertz CT molecular complexity index is 349. The van der Waals surface area contributed by atoms with E-state index in [-0.39, 0.29) is 5.91 Å². The Morgan fingerprint density at radius 1 is 1.31 bits per heavy atom. The zero-order chi connectivity index (χ0) is 11.4. The fraction of sp³-hybridized carbons (Fsp3) is 0.615. The molecule has 1 aliphatic heterocycles. The Labute approximate surface area is 96.4 Å². The molecule has 1 aromatic rings. The van der Waals surface area contributed by atoms with Gasteiger partial charge >= 0.3 is 0 Å². The molecule has 1 aromatic heterocycles. The van der Waals surface area contributed by atoms with E-state index in [0.717, 1.165) is 43.7 Å². The molecule has 88 valence electrons. The van der Waals surface area contributed by atoms with Gasteiger partial charge in [0.25, 0.3) is 5.91 Å². The summed E-state index contributed by atoms with van der Waals surface area (Å²) >= 11 is 0. The molecule has 0 aromatic carbocycles. The quantitative estimate of drug-likeness (QED) is 0.769. The van der Waals surface area contributed by atoms with Gasteiger partial charge in [-0.2, -0.15) is 0 Å². The van der Waals surface area contributed by atoms with Gasteiger partial charge in [-0.15, -0.1) is 0 Å². The van der Waals surface area contributed by atoms with E-state index in [1.54, 1.807) is 12.3 Å². The molecule has 3 heteroatoms. The van der Waals surface area contributed by atoms with Crippen LogP contribution >= 0.6 is 0 Å². The van der Waals surface area contributed by atoms with E-state index in [1.165, 1.54) is 12.8 Å². The Hall–Kier alpha value is -1.25. The Morgan fingerprint density at radius 2 is 2.00 bits per heavy atom. The molecule has 0 radical (unpaired) electrons. The van der Waals surface area contributed by atoms with E-state index in [0.29, 0.717) is 0 Å². The maximum absolute atomic E-state index is 12.3. The standard InChI is InChI=1S/C13H19NO2/c1-2-12-11(7-10-16-12)13(15)14-8-5-3-4-6-9-14/h7,10H,2-6,8-9H2,1H3. The molecule has 0 atom stereocenters. The van der Waals surface area contributed by atoms with Crippen LogP contribution in [0.25, 0.3) is 0 Å². The lowest BCUT2D eigenvalue weighted by atomic mass is 10.2. The van der Waals surface area contributed by atoms with Crippen LogP contribution in [0.1, 0.15) is 48.7 Å². The molecule has 16 heavy (non-hydrogen) atoms. The van der Waals surface area contributed by atoms with Crippen molar-refractivity contribution in [2.75, 3.05) is 13.1 Å². The molecule has 3 nitrogen and oxygen atoms in total. The first-order valence-electron chi connectivity index (χ1n) is 6.18. The van der Waals surface area contributed by atoms with Gasteiger partial charge in [0.05, 0.1) is 11.8 Å². The molecule has 0 spiro atoms. The molecule has 0 bridgehead atoms.